The molecule has 1 aliphatic carbocycles. The molecule has 2 aliphatic rings. The van der Waals surface area contributed by atoms with Gasteiger partial charge >= 0.3 is 11.9 Å². The van der Waals surface area contributed by atoms with Gasteiger partial charge in [0.05, 0.1) is 0 Å². The Kier molecular flexibility index (Phi) is 2.02. The van der Waals surface area contributed by atoms with Crippen molar-refractivity contribution in [3.63, 3.8) is 0 Å². The average Bonchev–Trinajstić information content (AvgIpc) is 2.15. The zero-order valence-corrected chi connectivity index (χ0v) is 7.78. The highest BCUT2D eigenvalue weighted by Crippen LogP contribution is 2.37. The van der Waals surface area contributed by atoms with Crippen molar-refractivity contribution in [2.24, 2.45) is 5.73 Å². The molecule has 3 N–H and O–H groups in total. The van der Waals surface area contributed by atoms with Crippen molar-refractivity contribution < 1.29 is 19.4 Å². The quantitative estimate of drug-likeness (QED) is 0.566. The highest BCUT2D eigenvalue weighted by molar-refractivity contribution is 5.88. The second-order valence-electron chi connectivity index (χ2n) is 3.68. The number of ether oxygens (including phenoxy) is 2. The molecule has 0 aromatic carbocycles. The van der Waals surface area contributed by atoms with Crippen LogP contribution in [0.1, 0.15) is 32.1 Å². The van der Waals surface area contributed by atoms with Crippen molar-refractivity contribution in [3.8, 4) is 0 Å². The van der Waals surface area contributed by atoms with Gasteiger partial charge < -0.3 is 20.3 Å². The van der Waals surface area contributed by atoms with E-state index in [1.807, 2.05) is 0 Å². The van der Waals surface area contributed by atoms with E-state index in [1.165, 1.54) is 0 Å². The van der Waals surface area contributed by atoms with Gasteiger partial charge in [0.15, 0.2) is 5.70 Å². The molecule has 0 saturated heterocycles. The maximum Gasteiger partial charge on any atom is 0.364 e. The minimum absolute atomic E-state index is 0.346. The number of carbonyl (C=O) groups excluding carboxylic acids is 1. The zero-order valence-electron chi connectivity index (χ0n) is 7.78. The number of nitrogens with two attached hydrogens (primary N) is 1. The van der Waals surface area contributed by atoms with Gasteiger partial charge in [-0.1, -0.05) is 6.42 Å². The number of hydrogen-bond donors (Lipinski definition) is 2. The predicted octanol–water partition coefficient (Wildman–Crippen LogP) is 0.906. The normalized spacial score (nSPS) is 25.9. The van der Waals surface area contributed by atoms with Gasteiger partial charge in [-0.2, -0.15) is 0 Å². The van der Waals surface area contributed by atoms with Gasteiger partial charge in [-0.25, -0.2) is 4.79 Å². The fraction of sp³-hybridized carbons (Fsp3) is 0.667. The highest BCUT2D eigenvalue weighted by atomic mass is 16.8. The van der Waals surface area contributed by atoms with Crippen molar-refractivity contribution in [1.29, 1.82) is 0 Å². The van der Waals surface area contributed by atoms with Gasteiger partial charge in [0, 0.05) is 12.8 Å². The molecule has 78 valence electrons. The molecule has 0 amide bonds. The molecular formula is C9H13NO4. The highest BCUT2D eigenvalue weighted by Gasteiger charge is 2.44. The fourth-order valence-corrected chi connectivity index (χ4v) is 1.86. The van der Waals surface area contributed by atoms with Crippen molar-refractivity contribution in [2.75, 3.05) is 0 Å². The van der Waals surface area contributed by atoms with Crippen molar-refractivity contribution in [2.45, 2.75) is 37.9 Å². The molecule has 5 nitrogen and oxygen atoms in total. The summed E-state index contributed by atoms with van der Waals surface area (Å²) in [5.41, 5.74) is 4.90. The number of esters is 1. The van der Waals surface area contributed by atoms with E-state index in [2.05, 4.69) is 0 Å². The zero-order chi connectivity index (χ0) is 10.2. The van der Waals surface area contributed by atoms with Crippen molar-refractivity contribution >= 4 is 5.97 Å². The van der Waals surface area contributed by atoms with E-state index in [1.54, 1.807) is 0 Å². The van der Waals surface area contributed by atoms with E-state index in [4.69, 9.17) is 15.2 Å². The van der Waals surface area contributed by atoms with Crippen LogP contribution in [0.3, 0.4) is 0 Å². The number of aliphatic hydroxyl groups excluding tert-OH is 1. The fourth-order valence-electron chi connectivity index (χ4n) is 1.86. The van der Waals surface area contributed by atoms with E-state index in [9.17, 15) is 9.90 Å². The summed E-state index contributed by atoms with van der Waals surface area (Å²) in [5.74, 6) is -2.14. The largest absolute Gasteiger partial charge is 0.479 e. The first-order valence-electron chi connectivity index (χ1n) is 4.74. The number of rotatable bonds is 0. The predicted molar refractivity (Wildman–Crippen MR) is 46.8 cm³/mol. The monoisotopic (exact) mass is 199 g/mol. The summed E-state index contributed by atoms with van der Waals surface area (Å²) < 4.78 is 10.3. The molecule has 1 aliphatic heterocycles. The van der Waals surface area contributed by atoms with E-state index in [0.29, 0.717) is 12.8 Å². The first kappa shape index (κ1) is 9.18. The van der Waals surface area contributed by atoms with Crippen LogP contribution in [0, 0.1) is 0 Å². The molecule has 5 heteroatoms. The number of aliphatic hydroxyl groups is 1. The number of carbonyl (C=O) groups is 1. The van der Waals surface area contributed by atoms with E-state index >= 15 is 0 Å². The lowest BCUT2D eigenvalue weighted by molar-refractivity contribution is -0.249. The Morgan fingerprint density at radius 1 is 1.21 bits per heavy atom. The molecule has 0 aromatic heterocycles. The van der Waals surface area contributed by atoms with Gasteiger partial charge in [-0.15, -0.1) is 0 Å². The summed E-state index contributed by atoms with van der Waals surface area (Å²) in [6, 6.07) is 0. The first-order chi connectivity index (χ1) is 6.63. The number of hydrogen-bond acceptors (Lipinski definition) is 5. The SMILES string of the molecule is NC1=C(O)OC2(CCCCC2)OC1=O. The lowest BCUT2D eigenvalue weighted by Crippen LogP contribution is -2.45. The smallest absolute Gasteiger partial charge is 0.364 e. The second-order valence-corrected chi connectivity index (χ2v) is 3.68. The topological polar surface area (TPSA) is 81.8 Å². The average molecular weight is 199 g/mol. The van der Waals surface area contributed by atoms with Crippen LogP contribution in [0.15, 0.2) is 11.6 Å². The standard InChI is InChI=1S/C9H13NO4/c10-6-7(11)13-9(14-8(6)12)4-2-1-3-5-9/h11H,1-5,10H2. The Labute approximate surface area is 81.5 Å². The van der Waals surface area contributed by atoms with Gasteiger partial charge in [-0.3, -0.25) is 0 Å². The van der Waals surface area contributed by atoms with Crippen LogP contribution >= 0.6 is 0 Å². The van der Waals surface area contributed by atoms with E-state index in [0.717, 1.165) is 19.3 Å². The van der Waals surface area contributed by atoms with E-state index in [-0.39, 0.29) is 5.70 Å². The summed E-state index contributed by atoms with van der Waals surface area (Å²) in [7, 11) is 0. The van der Waals surface area contributed by atoms with Crippen LogP contribution in [0.25, 0.3) is 0 Å². The third-order valence-corrected chi connectivity index (χ3v) is 2.63. The Hall–Kier alpha value is -1.39. The third kappa shape index (κ3) is 1.38. The molecule has 0 radical (unpaired) electrons. The molecule has 1 heterocycles. The summed E-state index contributed by atoms with van der Waals surface area (Å²) in [6.45, 7) is 0. The maximum absolute atomic E-state index is 11.2. The van der Waals surface area contributed by atoms with Crippen LogP contribution in [0.4, 0.5) is 0 Å². The molecule has 0 atom stereocenters. The molecule has 0 bridgehead atoms. The molecule has 1 fully saturated rings. The molecule has 2 rings (SSSR count). The minimum Gasteiger partial charge on any atom is -0.479 e. The summed E-state index contributed by atoms with van der Waals surface area (Å²) >= 11 is 0. The summed E-state index contributed by atoms with van der Waals surface area (Å²) in [4.78, 5) is 11.2. The van der Waals surface area contributed by atoms with E-state index < -0.39 is 17.7 Å². The molecule has 0 aromatic rings. The van der Waals surface area contributed by atoms with Gasteiger partial charge in [-0.05, 0) is 12.8 Å². The molecule has 14 heavy (non-hydrogen) atoms. The first-order valence-corrected chi connectivity index (χ1v) is 4.74. The van der Waals surface area contributed by atoms with Gasteiger partial charge in [0.1, 0.15) is 0 Å². The molecular weight excluding hydrogens is 186 g/mol. The van der Waals surface area contributed by atoms with Crippen LogP contribution in [-0.2, 0) is 14.3 Å². The Morgan fingerprint density at radius 2 is 1.86 bits per heavy atom. The van der Waals surface area contributed by atoms with Gasteiger partial charge in [0.25, 0.3) is 5.79 Å². The Balaban J connectivity index is 2.21. The molecule has 0 unspecified atom stereocenters. The summed E-state index contributed by atoms with van der Waals surface area (Å²) in [5, 5.41) is 9.30. The summed E-state index contributed by atoms with van der Waals surface area (Å²) in [6.07, 6.45) is 4.20. The van der Waals surface area contributed by atoms with Gasteiger partial charge in [0.2, 0.25) is 0 Å². The van der Waals surface area contributed by atoms with Crippen LogP contribution in [-0.4, -0.2) is 16.9 Å². The van der Waals surface area contributed by atoms with Crippen molar-refractivity contribution in [3.05, 3.63) is 11.6 Å². The molecule has 1 spiro atoms. The van der Waals surface area contributed by atoms with Crippen LogP contribution < -0.4 is 5.73 Å². The Bertz CT molecular complexity index is 291. The molecule has 1 saturated carbocycles. The maximum atomic E-state index is 11.2. The second kappa shape index (κ2) is 3.08. The minimum atomic E-state index is -0.956. The third-order valence-electron chi connectivity index (χ3n) is 2.63. The van der Waals surface area contributed by atoms with Crippen LogP contribution in [0.5, 0.6) is 0 Å². The lowest BCUT2D eigenvalue weighted by atomic mass is 9.93. The Morgan fingerprint density at radius 3 is 2.43 bits per heavy atom. The lowest BCUT2D eigenvalue weighted by Gasteiger charge is -2.38. The van der Waals surface area contributed by atoms with Crippen LogP contribution in [0.2, 0.25) is 0 Å². The van der Waals surface area contributed by atoms with Crippen molar-refractivity contribution in [1.82, 2.24) is 0 Å².